The number of hydrogen-bond acceptors (Lipinski definition) is 6. The zero-order valence-electron chi connectivity index (χ0n) is 16.2. The van der Waals surface area contributed by atoms with Crippen LogP contribution in [0, 0.1) is 5.92 Å². The van der Waals surface area contributed by atoms with E-state index < -0.39 is 20.5 Å². The summed E-state index contributed by atoms with van der Waals surface area (Å²) in [4.78, 5) is 17.3. The van der Waals surface area contributed by atoms with E-state index in [1.54, 1.807) is 0 Å². The number of anilines is 1. The van der Waals surface area contributed by atoms with Gasteiger partial charge in [-0.1, -0.05) is 19.3 Å². The van der Waals surface area contributed by atoms with Gasteiger partial charge < -0.3 is 10.1 Å². The van der Waals surface area contributed by atoms with Crippen molar-refractivity contribution in [3.63, 3.8) is 0 Å². The predicted octanol–water partition coefficient (Wildman–Crippen LogP) is 3.75. The fourth-order valence-corrected chi connectivity index (χ4v) is 6.24. The lowest BCUT2D eigenvalue weighted by Gasteiger charge is -2.28. The molecule has 1 aromatic heterocycles. The van der Waals surface area contributed by atoms with Gasteiger partial charge in [0, 0.05) is 24.5 Å². The van der Waals surface area contributed by atoms with Gasteiger partial charge in [-0.05, 0) is 45.4 Å². The number of carbonyl (C=O) groups is 1. The van der Waals surface area contributed by atoms with Gasteiger partial charge in [0.15, 0.2) is 15.0 Å². The van der Waals surface area contributed by atoms with E-state index in [0.29, 0.717) is 24.3 Å². The van der Waals surface area contributed by atoms with E-state index in [-0.39, 0.29) is 11.7 Å². The average Bonchev–Trinajstić information content (AvgIpc) is 3.11. The summed E-state index contributed by atoms with van der Waals surface area (Å²) < 4.78 is 29.6. The summed E-state index contributed by atoms with van der Waals surface area (Å²) in [5.41, 5.74) is 1.03. The fourth-order valence-electron chi connectivity index (χ4n) is 3.75. The lowest BCUT2D eigenvalue weighted by molar-refractivity contribution is -0.117. The normalized spacial score (nSPS) is 20.5. The maximum atomic E-state index is 12.9. The molecule has 0 unspecified atom stereocenters. The van der Waals surface area contributed by atoms with Crippen LogP contribution in [0.4, 0.5) is 5.13 Å². The molecule has 2 aliphatic rings. The molecule has 2 heterocycles. The number of aromatic nitrogens is 1. The zero-order chi connectivity index (χ0) is 19.5. The number of nitrogens with one attached hydrogen (secondary N) is 1. The fraction of sp³-hybridized carbons (Fsp3) is 0.789. The van der Waals surface area contributed by atoms with Gasteiger partial charge in [-0.2, -0.15) is 0 Å². The number of sulfone groups is 1. The Hall–Kier alpha value is -0.990. The van der Waals surface area contributed by atoms with Crippen LogP contribution in [-0.2, 0) is 19.4 Å². The molecule has 0 spiro atoms. The third-order valence-electron chi connectivity index (χ3n) is 5.89. The van der Waals surface area contributed by atoms with Crippen LogP contribution in [-0.4, -0.2) is 43.0 Å². The van der Waals surface area contributed by atoms with Gasteiger partial charge in [0.1, 0.15) is 4.75 Å². The monoisotopic (exact) mass is 414 g/mol. The Bertz CT molecular complexity index is 746. The molecule has 0 atom stereocenters. The van der Waals surface area contributed by atoms with Crippen LogP contribution < -0.4 is 5.32 Å². The van der Waals surface area contributed by atoms with E-state index in [2.05, 4.69) is 10.3 Å². The molecule has 0 radical (unpaired) electrons. The largest absolute Gasteiger partial charge is 0.381 e. The molecule has 2 fully saturated rings. The summed E-state index contributed by atoms with van der Waals surface area (Å²) in [7, 11) is -3.58. The number of thiazole rings is 1. The highest BCUT2D eigenvalue weighted by molar-refractivity contribution is 7.93. The maximum absolute atomic E-state index is 12.9. The molecular weight excluding hydrogens is 384 g/mol. The van der Waals surface area contributed by atoms with Gasteiger partial charge in [-0.3, -0.25) is 4.79 Å². The van der Waals surface area contributed by atoms with E-state index in [0.717, 1.165) is 31.4 Å². The molecule has 0 aromatic carbocycles. The number of rotatable bonds is 6. The van der Waals surface area contributed by atoms with Gasteiger partial charge in [0.25, 0.3) is 0 Å². The summed E-state index contributed by atoms with van der Waals surface area (Å²) in [6.45, 7) is 4.17. The Morgan fingerprint density at radius 2 is 1.89 bits per heavy atom. The van der Waals surface area contributed by atoms with E-state index in [4.69, 9.17) is 4.74 Å². The summed E-state index contributed by atoms with van der Waals surface area (Å²) >= 11 is 1.38. The number of carbonyl (C=O) groups excluding carboxylic acids is 1. The number of nitrogens with zero attached hydrogens (tertiary/aromatic N) is 1. The van der Waals surface area contributed by atoms with Crippen LogP contribution >= 0.6 is 11.3 Å². The molecule has 3 rings (SSSR count). The Morgan fingerprint density at radius 1 is 1.22 bits per heavy atom. The first-order valence-corrected chi connectivity index (χ1v) is 12.4. The van der Waals surface area contributed by atoms with Crippen molar-refractivity contribution in [2.75, 3.05) is 24.3 Å². The van der Waals surface area contributed by atoms with E-state index in [1.165, 1.54) is 44.4 Å². The second kappa shape index (κ2) is 8.57. The second-order valence-corrected chi connectivity index (χ2v) is 11.7. The summed E-state index contributed by atoms with van der Waals surface area (Å²) in [6.07, 6.45) is 7.47. The highest BCUT2D eigenvalue weighted by Crippen LogP contribution is 2.34. The molecule has 8 heteroatoms. The predicted molar refractivity (Wildman–Crippen MR) is 108 cm³/mol. The van der Waals surface area contributed by atoms with Gasteiger partial charge >= 0.3 is 0 Å². The van der Waals surface area contributed by atoms with Crippen molar-refractivity contribution in [3.05, 3.63) is 11.1 Å². The second-order valence-electron chi connectivity index (χ2n) is 8.21. The Kier molecular flexibility index (Phi) is 6.58. The lowest BCUT2D eigenvalue weighted by atomic mass is 9.87. The molecule has 27 heavy (non-hydrogen) atoms. The van der Waals surface area contributed by atoms with Crippen molar-refractivity contribution in [2.45, 2.75) is 69.5 Å². The molecule has 0 bridgehead atoms. The van der Waals surface area contributed by atoms with E-state index in [1.807, 2.05) is 5.38 Å². The van der Waals surface area contributed by atoms with E-state index in [9.17, 15) is 13.2 Å². The van der Waals surface area contributed by atoms with Crippen molar-refractivity contribution in [1.29, 1.82) is 0 Å². The van der Waals surface area contributed by atoms with Gasteiger partial charge in [0.05, 0.1) is 11.4 Å². The Balaban J connectivity index is 1.64. The minimum atomic E-state index is -3.58. The van der Waals surface area contributed by atoms with Gasteiger partial charge in [-0.15, -0.1) is 11.3 Å². The topological polar surface area (TPSA) is 85.4 Å². The highest BCUT2D eigenvalue weighted by atomic mass is 32.2. The van der Waals surface area contributed by atoms with Gasteiger partial charge in [0.2, 0.25) is 5.91 Å². The molecular formula is C19H30N2O4S2. The van der Waals surface area contributed by atoms with Crippen molar-refractivity contribution in [3.8, 4) is 0 Å². The molecule has 1 saturated heterocycles. The van der Waals surface area contributed by atoms with Crippen molar-refractivity contribution < 1.29 is 17.9 Å². The summed E-state index contributed by atoms with van der Waals surface area (Å²) in [5, 5.41) is 5.24. The Morgan fingerprint density at radius 3 is 2.56 bits per heavy atom. The molecule has 6 nitrogen and oxygen atoms in total. The number of amides is 1. The standard InChI is InChI=1S/C19H30N2O4S2/c1-19(2,27(23,24)13-14-8-10-25-11-9-14)17(22)21-18-20-16(12-26-18)15-6-4-3-5-7-15/h12,14-15H,3-11,13H2,1-2H3,(H,20,21,22). The molecule has 1 aliphatic carbocycles. The average molecular weight is 415 g/mol. The minimum absolute atomic E-state index is 0.0297. The van der Waals surface area contributed by atoms with Crippen molar-refractivity contribution in [2.24, 2.45) is 5.92 Å². The van der Waals surface area contributed by atoms with Crippen molar-refractivity contribution in [1.82, 2.24) is 4.98 Å². The minimum Gasteiger partial charge on any atom is -0.381 e. The Labute approximate surface area is 166 Å². The van der Waals surface area contributed by atoms with Crippen molar-refractivity contribution >= 4 is 32.2 Å². The molecule has 1 N–H and O–H groups in total. The zero-order valence-corrected chi connectivity index (χ0v) is 17.8. The number of hydrogen-bond donors (Lipinski definition) is 1. The van der Waals surface area contributed by atoms with Crippen LogP contribution in [0.2, 0.25) is 0 Å². The van der Waals surface area contributed by atoms with Crippen LogP contribution in [0.3, 0.4) is 0 Å². The maximum Gasteiger partial charge on any atom is 0.247 e. The van der Waals surface area contributed by atoms with Crippen LogP contribution in [0.15, 0.2) is 5.38 Å². The van der Waals surface area contributed by atoms with Crippen LogP contribution in [0.1, 0.15) is 70.4 Å². The van der Waals surface area contributed by atoms with E-state index >= 15 is 0 Å². The SMILES string of the molecule is CC(C)(C(=O)Nc1nc(C2CCCCC2)cs1)S(=O)(=O)CC1CCOCC1. The molecule has 152 valence electrons. The summed E-state index contributed by atoms with van der Waals surface area (Å²) in [5.74, 6) is 0.0562. The third kappa shape index (κ3) is 4.90. The first-order valence-electron chi connectivity index (χ1n) is 9.86. The quantitative estimate of drug-likeness (QED) is 0.766. The molecule has 1 saturated carbocycles. The molecule has 1 aromatic rings. The van der Waals surface area contributed by atoms with Gasteiger partial charge in [-0.25, -0.2) is 13.4 Å². The first-order chi connectivity index (χ1) is 12.8. The highest BCUT2D eigenvalue weighted by Gasteiger charge is 2.43. The third-order valence-corrected chi connectivity index (χ3v) is 9.31. The molecule has 1 aliphatic heterocycles. The van der Waals surface area contributed by atoms with Crippen LogP contribution in [0.5, 0.6) is 0 Å². The van der Waals surface area contributed by atoms with Crippen LogP contribution in [0.25, 0.3) is 0 Å². The first kappa shape index (κ1) is 20.7. The summed E-state index contributed by atoms with van der Waals surface area (Å²) in [6, 6.07) is 0. The number of ether oxygens (including phenoxy) is 1. The molecule has 1 amide bonds. The lowest BCUT2D eigenvalue weighted by Crippen LogP contribution is -2.47. The smallest absolute Gasteiger partial charge is 0.247 e.